The number of ketones is 1. The van der Waals surface area contributed by atoms with Crippen molar-refractivity contribution in [3.63, 3.8) is 0 Å². The van der Waals surface area contributed by atoms with Crippen LogP contribution in [0.5, 0.6) is 0 Å². The highest BCUT2D eigenvalue weighted by atomic mass is 16.2. The molecule has 1 aromatic carbocycles. The van der Waals surface area contributed by atoms with Crippen molar-refractivity contribution in [1.29, 1.82) is 0 Å². The van der Waals surface area contributed by atoms with Crippen LogP contribution >= 0.6 is 0 Å². The second-order valence-electron chi connectivity index (χ2n) is 3.38. The molecule has 0 atom stereocenters. The topological polar surface area (TPSA) is 37.4 Å². The van der Waals surface area contributed by atoms with Crippen LogP contribution in [0.2, 0.25) is 0 Å². The summed E-state index contributed by atoms with van der Waals surface area (Å²) in [5.41, 5.74) is 1.08. The van der Waals surface area contributed by atoms with Crippen molar-refractivity contribution < 1.29 is 9.59 Å². The Bertz CT molecular complexity index is 457. The number of carbonyl (C=O) groups excluding carboxylic acids is 2. The van der Waals surface area contributed by atoms with Crippen molar-refractivity contribution in [2.45, 2.75) is 13.8 Å². The van der Waals surface area contributed by atoms with Gasteiger partial charge in [0.05, 0.1) is 12.2 Å². The Hall–Kier alpha value is -2.08. The summed E-state index contributed by atoms with van der Waals surface area (Å²) in [5.74, 6) is 2.15. The van der Waals surface area contributed by atoms with Crippen LogP contribution in [0.4, 0.5) is 5.69 Å². The van der Waals surface area contributed by atoms with Crippen LogP contribution in [-0.2, 0) is 4.79 Å². The molecule has 3 nitrogen and oxygen atoms in total. The van der Waals surface area contributed by atoms with Crippen LogP contribution in [0.15, 0.2) is 24.3 Å². The van der Waals surface area contributed by atoms with E-state index in [0.29, 0.717) is 11.3 Å². The van der Waals surface area contributed by atoms with E-state index in [-0.39, 0.29) is 18.2 Å². The van der Waals surface area contributed by atoms with Crippen LogP contribution < -0.4 is 4.90 Å². The smallest absolute Gasteiger partial charge is 0.224 e. The molecule has 3 heteroatoms. The standard InChI is InChI=1S/C13H13NO2/c1-4-9-14(11(3)16)13-8-6-5-7-12(13)10(2)15/h1,5-8H,9H2,2-3H3. The fraction of sp³-hybridized carbons (Fsp3) is 0.231. The van der Waals surface area contributed by atoms with Crippen molar-refractivity contribution in [1.82, 2.24) is 0 Å². The molecule has 0 aliphatic rings. The van der Waals surface area contributed by atoms with Crippen LogP contribution in [0, 0.1) is 12.3 Å². The predicted molar refractivity (Wildman–Crippen MR) is 63.3 cm³/mol. The van der Waals surface area contributed by atoms with Gasteiger partial charge < -0.3 is 4.90 Å². The van der Waals surface area contributed by atoms with Gasteiger partial charge >= 0.3 is 0 Å². The molecule has 1 amide bonds. The van der Waals surface area contributed by atoms with Gasteiger partial charge in [0.25, 0.3) is 0 Å². The van der Waals surface area contributed by atoms with E-state index in [4.69, 9.17) is 6.42 Å². The van der Waals surface area contributed by atoms with Crippen molar-refractivity contribution in [2.75, 3.05) is 11.4 Å². The largest absolute Gasteiger partial charge is 0.300 e. The Labute approximate surface area is 95.1 Å². The summed E-state index contributed by atoms with van der Waals surface area (Å²) in [6.07, 6.45) is 5.20. The number of rotatable bonds is 3. The maximum absolute atomic E-state index is 11.4. The summed E-state index contributed by atoms with van der Waals surface area (Å²) in [5, 5.41) is 0. The van der Waals surface area contributed by atoms with Gasteiger partial charge in [0.15, 0.2) is 5.78 Å². The van der Waals surface area contributed by atoms with E-state index in [0.717, 1.165) is 0 Å². The Morgan fingerprint density at radius 2 is 1.94 bits per heavy atom. The summed E-state index contributed by atoms with van der Waals surface area (Å²) in [7, 11) is 0. The van der Waals surface area contributed by atoms with E-state index in [2.05, 4.69) is 5.92 Å². The van der Waals surface area contributed by atoms with Crippen molar-refractivity contribution >= 4 is 17.4 Å². The molecule has 0 bridgehead atoms. The van der Waals surface area contributed by atoms with Gasteiger partial charge in [-0.3, -0.25) is 9.59 Å². The Morgan fingerprint density at radius 3 is 2.44 bits per heavy atom. The van der Waals surface area contributed by atoms with Gasteiger partial charge in [-0.2, -0.15) is 0 Å². The molecular weight excluding hydrogens is 202 g/mol. The first kappa shape index (κ1) is 12.0. The highest BCUT2D eigenvalue weighted by molar-refractivity contribution is 6.04. The van der Waals surface area contributed by atoms with Gasteiger partial charge in [-0.15, -0.1) is 6.42 Å². The highest BCUT2D eigenvalue weighted by Gasteiger charge is 2.15. The Kier molecular flexibility index (Phi) is 3.84. The van der Waals surface area contributed by atoms with E-state index >= 15 is 0 Å². The van der Waals surface area contributed by atoms with Crippen LogP contribution in [0.25, 0.3) is 0 Å². The minimum Gasteiger partial charge on any atom is -0.300 e. The number of nitrogens with zero attached hydrogens (tertiary/aromatic N) is 1. The molecular formula is C13H13NO2. The van der Waals surface area contributed by atoms with Gasteiger partial charge in [-0.25, -0.2) is 0 Å². The van der Waals surface area contributed by atoms with Crippen LogP contribution in [0.1, 0.15) is 24.2 Å². The van der Waals surface area contributed by atoms with Gasteiger partial charge in [-0.1, -0.05) is 18.1 Å². The normalized spacial score (nSPS) is 9.31. The molecule has 0 unspecified atom stereocenters. The molecule has 0 heterocycles. The first-order valence-corrected chi connectivity index (χ1v) is 4.89. The highest BCUT2D eigenvalue weighted by Crippen LogP contribution is 2.20. The number of carbonyl (C=O) groups is 2. The summed E-state index contributed by atoms with van der Waals surface area (Å²) in [4.78, 5) is 24.2. The number of amides is 1. The molecule has 82 valence electrons. The summed E-state index contributed by atoms with van der Waals surface area (Å²) < 4.78 is 0. The van der Waals surface area contributed by atoms with Crippen molar-refractivity contribution in [3.8, 4) is 12.3 Å². The predicted octanol–water partition coefficient (Wildman–Crippen LogP) is 1.88. The molecule has 0 fully saturated rings. The van der Waals surface area contributed by atoms with Gasteiger partial charge in [0.2, 0.25) is 5.91 Å². The Morgan fingerprint density at radius 1 is 1.31 bits per heavy atom. The minimum atomic E-state index is -0.174. The van der Waals surface area contributed by atoms with E-state index in [1.807, 2.05) is 0 Å². The lowest BCUT2D eigenvalue weighted by atomic mass is 10.1. The zero-order chi connectivity index (χ0) is 12.1. The lowest BCUT2D eigenvalue weighted by molar-refractivity contribution is -0.116. The molecule has 0 saturated heterocycles. The number of Topliss-reactive ketones (excluding diaryl/α,β-unsaturated/α-hetero) is 1. The zero-order valence-electron chi connectivity index (χ0n) is 9.36. The minimum absolute atomic E-state index is 0.0844. The van der Waals surface area contributed by atoms with E-state index in [1.165, 1.54) is 18.7 Å². The molecule has 0 aliphatic carbocycles. The molecule has 0 saturated carbocycles. The summed E-state index contributed by atoms with van der Waals surface area (Å²) in [6, 6.07) is 6.93. The zero-order valence-corrected chi connectivity index (χ0v) is 9.36. The number of anilines is 1. The third-order valence-corrected chi connectivity index (χ3v) is 2.20. The van der Waals surface area contributed by atoms with Crippen molar-refractivity contribution in [3.05, 3.63) is 29.8 Å². The summed E-state index contributed by atoms with van der Waals surface area (Å²) in [6.45, 7) is 3.06. The first-order valence-electron chi connectivity index (χ1n) is 4.89. The third kappa shape index (κ3) is 2.48. The average molecular weight is 215 g/mol. The maximum Gasteiger partial charge on any atom is 0.224 e. The summed E-state index contributed by atoms with van der Waals surface area (Å²) >= 11 is 0. The average Bonchev–Trinajstić information content (AvgIpc) is 2.25. The number of benzene rings is 1. The number of terminal acetylenes is 1. The molecule has 0 spiro atoms. The second kappa shape index (κ2) is 5.13. The number of hydrogen-bond donors (Lipinski definition) is 0. The van der Waals surface area contributed by atoms with E-state index < -0.39 is 0 Å². The number of hydrogen-bond acceptors (Lipinski definition) is 2. The fourth-order valence-electron chi connectivity index (χ4n) is 1.46. The lowest BCUT2D eigenvalue weighted by Crippen LogP contribution is -2.30. The number of para-hydroxylation sites is 1. The molecule has 1 rings (SSSR count). The molecule has 16 heavy (non-hydrogen) atoms. The molecule has 0 radical (unpaired) electrons. The Balaban J connectivity index is 3.24. The van der Waals surface area contributed by atoms with Gasteiger partial charge in [-0.05, 0) is 19.1 Å². The van der Waals surface area contributed by atoms with Crippen LogP contribution in [0.3, 0.4) is 0 Å². The quantitative estimate of drug-likeness (QED) is 0.570. The molecule has 0 N–H and O–H groups in total. The van der Waals surface area contributed by atoms with Gasteiger partial charge in [0.1, 0.15) is 0 Å². The van der Waals surface area contributed by atoms with E-state index in [1.54, 1.807) is 24.3 Å². The lowest BCUT2D eigenvalue weighted by Gasteiger charge is -2.20. The molecule has 0 aliphatic heterocycles. The van der Waals surface area contributed by atoms with Crippen LogP contribution in [-0.4, -0.2) is 18.2 Å². The first-order chi connectivity index (χ1) is 7.57. The monoisotopic (exact) mass is 215 g/mol. The SMILES string of the molecule is C#CCN(C(C)=O)c1ccccc1C(C)=O. The van der Waals surface area contributed by atoms with Crippen molar-refractivity contribution in [2.24, 2.45) is 0 Å². The van der Waals surface area contributed by atoms with Gasteiger partial charge in [0, 0.05) is 12.5 Å². The molecule has 0 aromatic heterocycles. The van der Waals surface area contributed by atoms with E-state index in [9.17, 15) is 9.59 Å². The molecule has 1 aromatic rings. The third-order valence-electron chi connectivity index (χ3n) is 2.20. The fourth-order valence-corrected chi connectivity index (χ4v) is 1.46. The maximum atomic E-state index is 11.4. The second-order valence-corrected chi connectivity index (χ2v) is 3.38.